The Morgan fingerprint density at radius 1 is 1.12 bits per heavy atom. The van der Waals surface area contributed by atoms with Gasteiger partial charge in [0.25, 0.3) is 0 Å². The van der Waals surface area contributed by atoms with Gasteiger partial charge in [0.1, 0.15) is 0 Å². The van der Waals surface area contributed by atoms with Crippen LogP contribution in [0.25, 0.3) is 0 Å². The third-order valence-corrected chi connectivity index (χ3v) is 8.90. The van der Waals surface area contributed by atoms with E-state index in [1.54, 1.807) is 6.92 Å². The van der Waals surface area contributed by atoms with Crippen LogP contribution in [0.15, 0.2) is 47.4 Å². The molecule has 2 aromatic carbocycles. The minimum absolute atomic E-state index is 0.0455. The average molecular weight is 480 g/mol. The fourth-order valence-electron chi connectivity index (χ4n) is 3.77. The first-order chi connectivity index (χ1) is 15.0. The molecular formula is C22H29N3O5S2. The second-order valence-electron chi connectivity index (χ2n) is 8.10. The number of aryl methyl sites for hydroxylation is 2. The lowest BCUT2D eigenvalue weighted by Crippen LogP contribution is -2.35. The molecule has 1 amide bonds. The van der Waals surface area contributed by atoms with Crippen LogP contribution >= 0.6 is 0 Å². The van der Waals surface area contributed by atoms with Gasteiger partial charge in [-0.15, -0.1) is 0 Å². The van der Waals surface area contributed by atoms with Crippen molar-refractivity contribution in [3.63, 3.8) is 0 Å². The van der Waals surface area contributed by atoms with Crippen molar-refractivity contribution in [3.05, 3.63) is 59.2 Å². The third-order valence-electron chi connectivity index (χ3n) is 5.62. The number of sulfonamides is 2. The van der Waals surface area contributed by atoms with E-state index in [4.69, 9.17) is 0 Å². The number of carbonyl (C=O) groups excluding carboxylic acids is 1. The summed E-state index contributed by atoms with van der Waals surface area (Å²) in [5.74, 6) is -0.751. The van der Waals surface area contributed by atoms with Gasteiger partial charge in [-0.05, 0) is 62.3 Å². The smallest absolute Gasteiger partial charge is 0.242 e. The Morgan fingerprint density at radius 3 is 2.28 bits per heavy atom. The molecule has 0 aliphatic carbocycles. The molecule has 0 aromatic heterocycles. The Hall–Kier alpha value is -2.27. The van der Waals surface area contributed by atoms with Crippen molar-refractivity contribution in [1.82, 2.24) is 9.62 Å². The Morgan fingerprint density at radius 2 is 1.78 bits per heavy atom. The molecule has 10 heteroatoms. The van der Waals surface area contributed by atoms with Gasteiger partial charge in [-0.1, -0.05) is 31.2 Å². The number of likely N-dealkylation sites (N-methyl/N-ethyl adjacent to an activating group) is 1. The standard InChI is InChI=1S/C22H29N3O5S2/c1-5-17-6-8-18(9-7-17)20(24(3)4)15-23-32(29,30)21-11-10-19(14-16(21)2)25-22(26)12-13-31(25,27)28/h6-11,14,20,23H,5,12-13,15H2,1-4H3. The van der Waals surface area contributed by atoms with Crippen molar-refractivity contribution >= 4 is 31.6 Å². The second kappa shape index (κ2) is 9.30. The van der Waals surface area contributed by atoms with E-state index in [1.807, 2.05) is 43.3 Å². The van der Waals surface area contributed by atoms with E-state index in [2.05, 4.69) is 11.6 Å². The van der Waals surface area contributed by atoms with Gasteiger partial charge in [-0.3, -0.25) is 4.79 Å². The summed E-state index contributed by atoms with van der Waals surface area (Å²) in [6.07, 6.45) is 0.854. The first-order valence-corrected chi connectivity index (χ1v) is 13.5. The number of benzene rings is 2. The number of nitrogens with zero attached hydrogens (tertiary/aromatic N) is 2. The Kier molecular flexibility index (Phi) is 7.09. The predicted octanol–water partition coefficient (Wildman–Crippen LogP) is 2.21. The number of carbonyl (C=O) groups is 1. The molecule has 1 heterocycles. The van der Waals surface area contributed by atoms with E-state index in [9.17, 15) is 21.6 Å². The van der Waals surface area contributed by atoms with Gasteiger partial charge in [0.05, 0.1) is 16.3 Å². The predicted molar refractivity (Wildman–Crippen MR) is 125 cm³/mol. The number of amides is 1. The Balaban J connectivity index is 1.82. The highest BCUT2D eigenvalue weighted by atomic mass is 32.2. The summed E-state index contributed by atoms with van der Waals surface area (Å²) in [5.41, 5.74) is 2.73. The van der Waals surface area contributed by atoms with Crippen LogP contribution in [-0.2, 0) is 31.3 Å². The van der Waals surface area contributed by atoms with Crippen LogP contribution in [0.2, 0.25) is 0 Å². The fraction of sp³-hybridized carbons (Fsp3) is 0.409. The molecule has 0 radical (unpaired) electrons. The zero-order valence-corrected chi connectivity index (χ0v) is 20.3. The molecule has 32 heavy (non-hydrogen) atoms. The van der Waals surface area contributed by atoms with E-state index >= 15 is 0 Å². The van der Waals surface area contributed by atoms with Crippen LogP contribution < -0.4 is 9.03 Å². The second-order valence-corrected chi connectivity index (χ2v) is 11.8. The van der Waals surface area contributed by atoms with Crippen LogP contribution in [0.4, 0.5) is 5.69 Å². The Labute approximate surface area is 190 Å². The molecule has 1 N–H and O–H groups in total. The molecule has 1 saturated heterocycles. The van der Waals surface area contributed by atoms with Crippen LogP contribution in [0.3, 0.4) is 0 Å². The summed E-state index contributed by atoms with van der Waals surface area (Å²) in [4.78, 5) is 14.0. The lowest BCUT2D eigenvalue weighted by Gasteiger charge is -2.25. The highest BCUT2D eigenvalue weighted by Crippen LogP contribution is 2.29. The number of hydrogen-bond acceptors (Lipinski definition) is 6. The molecule has 1 atom stereocenters. The summed E-state index contributed by atoms with van der Waals surface area (Å²) >= 11 is 0. The first kappa shape index (κ1) is 24.4. The molecule has 0 spiro atoms. The van der Waals surface area contributed by atoms with E-state index in [1.165, 1.54) is 23.8 Å². The molecule has 8 nitrogen and oxygen atoms in total. The molecule has 1 fully saturated rings. The topological polar surface area (TPSA) is 104 Å². The summed E-state index contributed by atoms with van der Waals surface area (Å²) in [6.45, 7) is 3.83. The lowest BCUT2D eigenvalue weighted by atomic mass is 10.0. The molecule has 174 valence electrons. The monoisotopic (exact) mass is 479 g/mol. The molecule has 1 unspecified atom stereocenters. The highest BCUT2D eigenvalue weighted by molar-refractivity contribution is 7.94. The van der Waals surface area contributed by atoms with E-state index in [0.29, 0.717) is 5.56 Å². The van der Waals surface area contributed by atoms with Crippen LogP contribution in [-0.4, -0.2) is 54.0 Å². The van der Waals surface area contributed by atoms with Crippen molar-refractivity contribution in [1.29, 1.82) is 0 Å². The van der Waals surface area contributed by atoms with Crippen LogP contribution in [0.5, 0.6) is 0 Å². The summed E-state index contributed by atoms with van der Waals surface area (Å²) in [6, 6.07) is 12.0. The van der Waals surface area contributed by atoms with Gasteiger partial charge in [-0.2, -0.15) is 0 Å². The number of rotatable bonds is 8. The number of nitrogens with one attached hydrogen (secondary N) is 1. The molecule has 2 aromatic rings. The zero-order valence-electron chi connectivity index (χ0n) is 18.7. The van der Waals surface area contributed by atoms with Crippen molar-refractivity contribution in [2.24, 2.45) is 0 Å². The first-order valence-electron chi connectivity index (χ1n) is 10.4. The zero-order chi connectivity index (χ0) is 23.7. The number of hydrogen-bond donors (Lipinski definition) is 1. The normalized spacial score (nSPS) is 17.2. The minimum Gasteiger partial charge on any atom is -0.301 e. The molecule has 0 bridgehead atoms. The average Bonchev–Trinajstić information content (AvgIpc) is 3.00. The summed E-state index contributed by atoms with van der Waals surface area (Å²) in [5, 5.41) is 0. The molecular weight excluding hydrogens is 450 g/mol. The van der Waals surface area contributed by atoms with E-state index in [0.717, 1.165) is 16.3 Å². The van der Waals surface area contributed by atoms with Gasteiger partial charge >= 0.3 is 0 Å². The van der Waals surface area contributed by atoms with Crippen molar-refractivity contribution in [2.75, 3.05) is 30.7 Å². The van der Waals surface area contributed by atoms with Gasteiger partial charge in [-0.25, -0.2) is 25.9 Å². The van der Waals surface area contributed by atoms with E-state index in [-0.39, 0.29) is 35.3 Å². The summed E-state index contributed by atoms with van der Waals surface area (Å²) < 4.78 is 53.7. The van der Waals surface area contributed by atoms with Crippen LogP contribution in [0, 0.1) is 6.92 Å². The highest BCUT2D eigenvalue weighted by Gasteiger charge is 2.36. The fourth-order valence-corrected chi connectivity index (χ4v) is 6.48. The molecule has 3 rings (SSSR count). The Bertz CT molecular complexity index is 1210. The minimum atomic E-state index is -3.85. The largest absolute Gasteiger partial charge is 0.301 e. The maximum absolute atomic E-state index is 13.0. The third kappa shape index (κ3) is 5.03. The maximum Gasteiger partial charge on any atom is 0.242 e. The van der Waals surface area contributed by atoms with Gasteiger partial charge in [0.2, 0.25) is 26.0 Å². The quantitative estimate of drug-likeness (QED) is 0.623. The van der Waals surface area contributed by atoms with Crippen molar-refractivity contribution < 1.29 is 21.6 Å². The summed E-state index contributed by atoms with van der Waals surface area (Å²) in [7, 11) is -3.78. The van der Waals surface area contributed by atoms with Crippen molar-refractivity contribution in [2.45, 2.75) is 37.6 Å². The van der Waals surface area contributed by atoms with Crippen LogP contribution in [0.1, 0.15) is 36.1 Å². The van der Waals surface area contributed by atoms with Gasteiger partial charge in [0.15, 0.2) is 0 Å². The van der Waals surface area contributed by atoms with Gasteiger partial charge < -0.3 is 4.90 Å². The number of anilines is 1. The molecule has 1 aliphatic heterocycles. The maximum atomic E-state index is 13.0. The molecule has 1 aliphatic rings. The SMILES string of the molecule is CCc1ccc(C(CNS(=O)(=O)c2ccc(N3C(=O)CCS3(=O)=O)cc2C)N(C)C)cc1. The van der Waals surface area contributed by atoms with Crippen molar-refractivity contribution in [3.8, 4) is 0 Å². The lowest BCUT2D eigenvalue weighted by molar-refractivity contribution is -0.116. The molecule has 0 saturated carbocycles. The van der Waals surface area contributed by atoms with Gasteiger partial charge in [0, 0.05) is 19.0 Å². The van der Waals surface area contributed by atoms with E-state index < -0.39 is 26.0 Å².